The van der Waals surface area contributed by atoms with Gasteiger partial charge in [-0.05, 0) is 49.9 Å². The first-order chi connectivity index (χ1) is 10.5. The molecule has 2 amide bonds. The smallest absolute Gasteiger partial charge is 0.239 e. The van der Waals surface area contributed by atoms with Gasteiger partial charge in [-0.15, -0.1) is 0 Å². The number of carbonyl (C=O) groups is 2. The Kier molecular flexibility index (Phi) is 3.91. The molecule has 2 saturated heterocycles. The van der Waals surface area contributed by atoms with Crippen molar-refractivity contribution in [2.24, 2.45) is 5.92 Å². The summed E-state index contributed by atoms with van der Waals surface area (Å²) in [5, 5.41) is 9.55. The number of aliphatic hydroxyl groups is 1. The molecular formula is C17H22N2O3. The number of rotatable bonds is 2. The van der Waals surface area contributed by atoms with Crippen LogP contribution in [0.4, 0.5) is 5.69 Å². The molecule has 0 spiro atoms. The first kappa shape index (κ1) is 15.0. The van der Waals surface area contributed by atoms with Gasteiger partial charge in [0.15, 0.2) is 0 Å². The van der Waals surface area contributed by atoms with Gasteiger partial charge in [-0.25, -0.2) is 0 Å². The van der Waals surface area contributed by atoms with Crippen LogP contribution in [0.5, 0.6) is 0 Å². The highest BCUT2D eigenvalue weighted by Crippen LogP contribution is 2.28. The van der Waals surface area contributed by atoms with Crippen molar-refractivity contribution in [1.29, 1.82) is 0 Å². The molecule has 1 aromatic rings. The molecule has 2 heterocycles. The van der Waals surface area contributed by atoms with Gasteiger partial charge in [-0.1, -0.05) is 6.07 Å². The number of likely N-dealkylation sites (tertiary alicyclic amines) is 1. The van der Waals surface area contributed by atoms with Crippen molar-refractivity contribution in [1.82, 2.24) is 4.90 Å². The number of amides is 2. The SMILES string of the molecule is Cc1ccc(N2CCC(C(=O)N3CC[C@@H](O)C3)C2=O)cc1C. The van der Waals surface area contributed by atoms with Crippen molar-refractivity contribution in [3.8, 4) is 0 Å². The van der Waals surface area contributed by atoms with Crippen molar-refractivity contribution < 1.29 is 14.7 Å². The average Bonchev–Trinajstić information content (AvgIpc) is 3.08. The van der Waals surface area contributed by atoms with Crippen LogP contribution in [0.15, 0.2) is 18.2 Å². The number of hydrogen-bond acceptors (Lipinski definition) is 3. The highest BCUT2D eigenvalue weighted by molar-refractivity contribution is 6.09. The van der Waals surface area contributed by atoms with Crippen molar-refractivity contribution >= 4 is 17.5 Å². The second-order valence-corrected chi connectivity index (χ2v) is 6.33. The fourth-order valence-electron chi connectivity index (χ4n) is 3.22. The highest BCUT2D eigenvalue weighted by Gasteiger charge is 2.41. The average molecular weight is 302 g/mol. The van der Waals surface area contributed by atoms with Gasteiger partial charge in [0.05, 0.1) is 6.10 Å². The van der Waals surface area contributed by atoms with Crippen LogP contribution in [0.2, 0.25) is 0 Å². The molecule has 2 aliphatic heterocycles. The van der Waals surface area contributed by atoms with E-state index in [9.17, 15) is 14.7 Å². The van der Waals surface area contributed by atoms with E-state index >= 15 is 0 Å². The van der Waals surface area contributed by atoms with E-state index in [0.29, 0.717) is 32.5 Å². The molecule has 0 radical (unpaired) electrons. The first-order valence-electron chi connectivity index (χ1n) is 7.83. The van der Waals surface area contributed by atoms with E-state index in [4.69, 9.17) is 0 Å². The topological polar surface area (TPSA) is 60.9 Å². The van der Waals surface area contributed by atoms with E-state index in [2.05, 4.69) is 0 Å². The number of hydrogen-bond donors (Lipinski definition) is 1. The van der Waals surface area contributed by atoms with E-state index in [1.54, 1.807) is 9.80 Å². The van der Waals surface area contributed by atoms with Crippen molar-refractivity contribution in [3.63, 3.8) is 0 Å². The van der Waals surface area contributed by atoms with Gasteiger partial charge >= 0.3 is 0 Å². The number of β-amino-alcohol motifs (C(OH)–C–C–N with tert-alkyl or cyclic N) is 1. The Hall–Kier alpha value is -1.88. The van der Waals surface area contributed by atoms with Crippen LogP contribution < -0.4 is 4.90 Å². The van der Waals surface area contributed by atoms with E-state index in [-0.39, 0.29) is 11.8 Å². The highest BCUT2D eigenvalue weighted by atomic mass is 16.3. The molecular weight excluding hydrogens is 280 g/mol. The minimum atomic E-state index is -0.591. The Morgan fingerprint density at radius 3 is 2.59 bits per heavy atom. The summed E-state index contributed by atoms with van der Waals surface area (Å²) in [5.74, 6) is -0.838. The predicted octanol–water partition coefficient (Wildman–Crippen LogP) is 1.25. The number of nitrogens with zero attached hydrogens (tertiary/aromatic N) is 2. The lowest BCUT2D eigenvalue weighted by Gasteiger charge is -2.21. The van der Waals surface area contributed by atoms with Crippen LogP contribution >= 0.6 is 0 Å². The van der Waals surface area contributed by atoms with E-state index in [1.807, 2.05) is 32.0 Å². The number of aryl methyl sites for hydroxylation is 2. The van der Waals surface area contributed by atoms with Crippen LogP contribution in [0.3, 0.4) is 0 Å². The largest absolute Gasteiger partial charge is 0.391 e. The van der Waals surface area contributed by atoms with Gasteiger partial charge in [0.2, 0.25) is 11.8 Å². The summed E-state index contributed by atoms with van der Waals surface area (Å²) in [7, 11) is 0. The van der Waals surface area contributed by atoms with Crippen molar-refractivity contribution in [3.05, 3.63) is 29.3 Å². The maximum absolute atomic E-state index is 12.6. The lowest BCUT2D eigenvalue weighted by Crippen LogP contribution is -2.39. The lowest BCUT2D eigenvalue weighted by molar-refractivity contribution is -0.139. The molecule has 2 atom stereocenters. The number of aliphatic hydroxyl groups excluding tert-OH is 1. The van der Waals surface area contributed by atoms with Crippen LogP contribution in [-0.4, -0.2) is 47.6 Å². The third kappa shape index (κ3) is 2.61. The predicted molar refractivity (Wildman–Crippen MR) is 83.6 cm³/mol. The minimum absolute atomic E-state index is 0.116. The molecule has 0 aliphatic carbocycles. The van der Waals surface area contributed by atoms with Gasteiger partial charge < -0.3 is 14.9 Å². The molecule has 118 valence electrons. The van der Waals surface area contributed by atoms with Gasteiger partial charge in [0, 0.05) is 25.3 Å². The van der Waals surface area contributed by atoms with Gasteiger partial charge in [-0.3, -0.25) is 9.59 Å². The Morgan fingerprint density at radius 1 is 1.18 bits per heavy atom. The van der Waals surface area contributed by atoms with Gasteiger partial charge in [0.1, 0.15) is 5.92 Å². The molecule has 2 aliphatic rings. The van der Waals surface area contributed by atoms with Crippen molar-refractivity contribution in [2.45, 2.75) is 32.8 Å². The molecule has 2 fully saturated rings. The monoisotopic (exact) mass is 302 g/mol. The third-order valence-electron chi connectivity index (χ3n) is 4.78. The summed E-state index contributed by atoms with van der Waals surface area (Å²) >= 11 is 0. The fourth-order valence-corrected chi connectivity index (χ4v) is 3.22. The van der Waals surface area contributed by atoms with Gasteiger partial charge in [-0.2, -0.15) is 0 Å². The maximum atomic E-state index is 12.6. The van der Waals surface area contributed by atoms with Crippen LogP contribution in [-0.2, 0) is 9.59 Å². The standard InChI is InChI=1S/C17H22N2O3/c1-11-3-4-13(9-12(11)2)19-8-6-15(17(19)22)16(21)18-7-5-14(20)10-18/h3-4,9,14-15,20H,5-8,10H2,1-2H3/t14-,15?/m1/s1. The van der Waals surface area contributed by atoms with Crippen molar-refractivity contribution in [2.75, 3.05) is 24.5 Å². The quantitative estimate of drug-likeness (QED) is 0.836. The van der Waals surface area contributed by atoms with E-state index in [0.717, 1.165) is 11.3 Å². The second-order valence-electron chi connectivity index (χ2n) is 6.33. The Morgan fingerprint density at radius 2 is 1.95 bits per heavy atom. The molecule has 0 bridgehead atoms. The Labute approximate surface area is 130 Å². The molecule has 5 nitrogen and oxygen atoms in total. The summed E-state index contributed by atoms with van der Waals surface area (Å²) in [6.45, 7) is 5.54. The molecule has 0 saturated carbocycles. The third-order valence-corrected chi connectivity index (χ3v) is 4.78. The lowest BCUT2D eigenvalue weighted by atomic mass is 10.1. The first-order valence-corrected chi connectivity index (χ1v) is 7.83. The van der Waals surface area contributed by atoms with Crippen LogP contribution in [0.1, 0.15) is 24.0 Å². The molecule has 1 N–H and O–H groups in total. The number of carbonyl (C=O) groups excluding carboxylic acids is 2. The summed E-state index contributed by atoms with van der Waals surface area (Å²) in [4.78, 5) is 28.4. The zero-order valence-electron chi connectivity index (χ0n) is 13.1. The second kappa shape index (κ2) is 5.72. The zero-order chi connectivity index (χ0) is 15.9. The molecule has 0 aromatic heterocycles. The molecule has 1 aromatic carbocycles. The van der Waals surface area contributed by atoms with Gasteiger partial charge in [0.25, 0.3) is 0 Å². The Balaban J connectivity index is 1.74. The zero-order valence-corrected chi connectivity index (χ0v) is 13.1. The fraction of sp³-hybridized carbons (Fsp3) is 0.529. The summed E-state index contributed by atoms with van der Waals surface area (Å²) in [5.41, 5.74) is 3.20. The summed E-state index contributed by atoms with van der Waals surface area (Å²) in [6.07, 6.45) is 0.710. The minimum Gasteiger partial charge on any atom is -0.391 e. The molecule has 1 unspecified atom stereocenters. The summed E-state index contributed by atoms with van der Waals surface area (Å²) < 4.78 is 0. The van der Waals surface area contributed by atoms with E-state index in [1.165, 1.54) is 5.56 Å². The summed E-state index contributed by atoms with van der Waals surface area (Å²) in [6, 6.07) is 5.94. The Bertz CT molecular complexity index is 614. The van der Waals surface area contributed by atoms with Crippen LogP contribution in [0.25, 0.3) is 0 Å². The van der Waals surface area contributed by atoms with Crippen LogP contribution in [0, 0.1) is 19.8 Å². The van der Waals surface area contributed by atoms with E-state index < -0.39 is 12.0 Å². The normalized spacial score (nSPS) is 25.1. The number of benzene rings is 1. The molecule has 5 heteroatoms. The molecule has 3 rings (SSSR count). The number of anilines is 1. The molecule has 22 heavy (non-hydrogen) atoms. The maximum Gasteiger partial charge on any atom is 0.239 e.